The van der Waals surface area contributed by atoms with Gasteiger partial charge in [0.15, 0.2) is 5.82 Å². The lowest BCUT2D eigenvalue weighted by atomic mass is 9.92. The summed E-state index contributed by atoms with van der Waals surface area (Å²) in [6.45, 7) is 3.24. The minimum Gasteiger partial charge on any atom is -0.435 e. The zero-order chi connectivity index (χ0) is 15.6. The standard InChI is InChI=1S/C15H17F2N3O/c1-15(2,3)11-8-12(18)20-13(19-11)9-4-6-10(7-5-9)21-14(16)17/h4-8,14H,1-3H3,(H2,18,19,20). The van der Waals surface area contributed by atoms with Crippen molar-refractivity contribution in [3.63, 3.8) is 0 Å². The molecule has 0 bridgehead atoms. The van der Waals surface area contributed by atoms with E-state index in [0.29, 0.717) is 17.2 Å². The number of nitrogens with zero attached hydrogens (tertiary/aromatic N) is 2. The summed E-state index contributed by atoms with van der Waals surface area (Å²) in [6.07, 6.45) is 0. The van der Waals surface area contributed by atoms with Crippen molar-refractivity contribution >= 4 is 5.82 Å². The molecule has 0 amide bonds. The SMILES string of the molecule is CC(C)(C)c1cc(N)nc(-c2ccc(OC(F)F)cc2)n1. The molecular weight excluding hydrogens is 276 g/mol. The van der Waals surface area contributed by atoms with Crippen molar-refractivity contribution in [3.8, 4) is 17.1 Å². The average molecular weight is 293 g/mol. The smallest absolute Gasteiger partial charge is 0.387 e. The van der Waals surface area contributed by atoms with Crippen molar-refractivity contribution in [2.24, 2.45) is 0 Å². The molecule has 0 aliphatic rings. The van der Waals surface area contributed by atoms with E-state index < -0.39 is 6.61 Å². The number of benzene rings is 1. The van der Waals surface area contributed by atoms with Crippen LogP contribution in [-0.2, 0) is 5.41 Å². The van der Waals surface area contributed by atoms with E-state index >= 15 is 0 Å². The highest BCUT2D eigenvalue weighted by atomic mass is 19.3. The Kier molecular flexibility index (Phi) is 4.06. The Balaban J connectivity index is 2.35. The first kappa shape index (κ1) is 15.2. The number of nitrogen functional groups attached to an aromatic ring is 1. The van der Waals surface area contributed by atoms with Gasteiger partial charge in [0.25, 0.3) is 0 Å². The molecule has 0 unspecified atom stereocenters. The van der Waals surface area contributed by atoms with Gasteiger partial charge in [-0.1, -0.05) is 20.8 Å². The van der Waals surface area contributed by atoms with Crippen LogP contribution in [0.25, 0.3) is 11.4 Å². The fourth-order valence-corrected chi connectivity index (χ4v) is 1.76. The van der Waals surface area contributed by atoms with E-state index in [1.54, 1.807) is 18.2 Å². The van der Waals surface area contributed by atoms with Gasteiger partial charge in [0.05, 0.1) is 5.69 Å². The molecule has 0 atom stereocenters. The molecule has 0 aliphatic heterocycles. The number of aromatic nitrogens is 2. The Labute approximate surface area is 122 Å². The highest BCUT2D eigenvalue weighted by molar-refractivity contribution is 5.58. The summed E-state index contributed by atoms with van der Waals surface area (Å²) in [5.41, 5.74) is 7.16. The molecule has 6 heteroatoms. The molecule has 0 fully saturated rings. The summed E-state index contributed by atoms with van der Waals surface area (Å²) >= 11 is 0. The fourth-order valence-electron chi connectivity index (χ4n) is 1.76. The summed E-state index contributed by atoms with van der Waals surface area (Å²) in [5.74, 6) is 0.926. The fraction of sp³-hybridized carbons (Fsp3) is 0.333. The Morgan fingerprint density at radius 3 is 2.24 bits per heavy atom. The molecule has 0 radical (unpaired) electrons. The minimum atomic E-state index is -2.84. The predicted octanol–water partition coefficient (Wildman–Crippen LogP) is 3.62. The molecule has 1 aromatic carbocycles. The molecule has 0 aliphatic carbocycles. The topological polar surface area (TPSA) is 61.0 Å². The number of ether oxygens (including phenoxy) is 1. The molecule has 2 aromatic rings. The minimum absolute atomic E-state index is 0.0914. The molecular formula is C15H17F2N3O. The van der Waals surface area contributed by atoms with Crippen molar-refractivity contribution in [2.75, 3.05) is 5.73 Å². The second-order valence-electron chi connectivity index (χ2n) is 5.65. The number of alkyl halides is 2. The van der Waals surface area contributed by atoms with Gasteiger partial charge in [-0.15, -0.1) is 0 Å². The molecule has 1 heterocycles. The zero-order valence-electron chi connectivity index (χ0n) is 12.1. The lowest BCUT2D eigenvalue weighted by molar-refractivity contribution is -0.0498. The van der Waals surface area contributed by atoms with E-state index in [0.717, 1.165) is 5.69 Å². The van der Waals surface area contributed by atoms with Crippen LogP contribution >= 0.6 is 0 Å². The number of rotatable bonds is 3. The molecule has 4 nitrogen and oxygen atoms in total. The predicted molar refractivity (Wildman–Crippen MR) is 77.2 cm³/mol. The first-order chi connectivity index (χ1) is 9.75. The van der Waals surface area contributed by atoms with Crippen LogP contribution < -0.4 is 10.5 Å². The first-order valence-electron chi connectivity index (χ1n) is 6.46. The third-order valence-corrected chi connectivity index (χ3v) is 2.85. The van der Waals surface area contributed by atoms with Gasteiger partial charge in [-0.25, -0.2) is 9.97 Å². The monoisotopic (exact) mass is 293 g/mol. The van der Waals surface area contributed by atoms with Crippen molar-refractivity contribution in [1.82, 2.24) is 9.97 Å². The van der Waals surface area contributed by atoms with Gasteiger partial charge in [-0.05, 0) is 24.3 Å². The quantitative estimate of drug-likeness (QED) is 0.938. The van der Waals surface area contributed by atoms with Gasteiger partial charge in [-0.3, -0.25) is 0 Å². The Hall–Kier alpha value is -2.24. The van der Waals surface area contributed by atoms with Crippen LogP contribution in [-0.4, -0.2) is 16.6 Å². The number of hydrogen-bond donors (Lipinski definition) is 1. The maximum absolute atomic E-state index is 12.1. The molecule has 2 N–H and O–H groups in total. The maximum Gasteiger partial charge on any atom is 0.387 e. The molecule has 0 saturated carbocycles. The highest BCUT2D eigenvalue weighted by Crippen LogP contribution is 2.26. The van der Waals surface area contributed by atoms with Crippen LogP contribution in [0.3, 0.4) is 0 Å². The van der Waals surface area contributed by atoms with E-state index in [1.165, 1.54) is 12.1 Å². The number of halogens is 2. The van der Waals surface area contributed by atoms with E-state index in [9.17, 15) is 8.78 Å². The third-order valence-electron chi connectivity index (χ3n) is 2.85. The van der Waals surface area contributed by atoms with E-state index in [4.69, 9.17) is 5.73 Å². The van der Waals surface area contributed by atoms with Crippen molar-refractivity contribution in [1.29, 1.82) is 0 Å². The largest absolute Gasteiger partial charge is 0.435 e. The van der Waals surface area contributed by atoms with Gasteiger partial charge in [-0.2, -0.15) is 8.78 Å². The van der Waals surface area contributed by atoms with Crippen molar-refractivity contribution < 1.29 is 13.5 Å². The van der Waals surface area contributed by atoms with Crippen LogP contribution in [0.4, 0.5) is 14.6 Å². The third kappa shape index (κ3) is 3.87. The van der Waals surface area contributed by atoms with Crippen LogP contribution in [0, 0.1) is 0 Å². The van der Waals surface area contributed by atoms with Crippen LogP contribution in [0.15, 0.2) is 30.3 Å². The Morgan fingerprint density at radius 2 is 1.71 bits per heavy atom. The van der Waals surface area contributed by atoms with Gasteiger partial charge < -0.3 is 10.5 Å². The summed E-state index contributed by atoms with van der Waals surface area (Å²) in [6, 6.07) is 7.88. The summed E-state index contributed by atoms with van der Waals surface area (Å²) in [7, 11) is 0. The lowest BCUT2D eigenvalue weighted by Crippen LogP contribution is -2.15. The molecule has 2 rings (SSSR count). The highest BCUT2D eigenvalue weighted by Gasteiger charge is 2.18. The summed E-state index contributed by atoms with van der Waals surface area (Å²) in [5, 5.41) is 0. The number of nitrogens with two attached hydrogens (primary N) is 1. The molecule has 0 spiro atoms. The Morgan fingerprint density at radius 1 is 1.10 bits per heavy atom. The maximum atomic E-state index is 12.1. The van der Waals surface area contributed by atoms with Gasteiger partial charge >= 0.3 is 6.61 Å². The van der Waals surface area contributed by atoms with Crippen molar-refractivity contribution in [2.45, 2.75) is 32.8 Å². The second kappa shape index (κ2) is 5.63. The first-order valence-corrected chi connectivity index (χ1v) is 6.46. The second-order valence-corrected chi connectivity index (χ2v) is 5.65. The Bertz CT molecular complexity index is 622. The lowest BCUT2D eigenvalue weighted by Gasteiger charge is -2.18. The number of anilines is 1. The van der Waals surface area contributed by atoms with Gasteiger partial charge in [0.1, 0.15) is 11.6 Å². The van der Waals surface area contributed by atoms with Crippen LogP contribution in [0.5, 0.6) is 5.75 Å². The summed E-state index contributed by atoms with van der Waals surface area (Å²) < 4.78 is 28.5. The molecule has 1 aromatic heterocycles. The van der Waals surface area contributed by atoms with Crippen LogP contribution in [0.1, 0.15) is 26.5 Å². The van der Waals surface area contributed by atoms with E-state index in [-0.39, 0.29) is 11.2 Å². The molecule has 112 valence electrons. The molecule has 21 heavy (non-hydrogen) atoms. The van der Waals surface area contributed by atoms with E-state index in [2.05, 4.69) is 14.7 Å². The van der Waals surface area contributed by atoms with E-state index in [1.807, 2.05) is 20.8 Å². The van der Waals surface area contributed by atoms with Crippen LogP contribution in [0.2, 0.25) is 0 Å². The van der Waals surface area contributed by atoms with Crippen molar-refractivity contribution in [3.05, 3.63) is 36.0 Å². The van der Waals surface area contributed by atoms with Gasteiger partial charge in [0.2, 0.25) is 0 Å². The normalized spacial score (nSPS) is 11.7. The molecule has 0 saturated heterocycles. The average Bonchev–Trinajstić information content (AvgIpc) is 2.37. The summed E-state index contributed by atoms with van der Waals surface area (Å²) in [4.78, 5) is 8.67. The zero-order valence-corrected chi connectivity index (χ0v) is 12.1. The number of hydrogen-bond acceptors (Lipinski definition) is 4. The van der Waals surface area contributed by atoms with Gasteiger partial charge in [0, 0.05) is 17.0 Å².